The number of benzene rings is 3. The molecule has 0 aromatic heterocycles. The predicted octanol–water partition coefficient (Wildman–Crippen LogP) is 4.54. The van der Waals surface area contributed by atoms with Crippen molar-refractivity contribution in [3.63, 3.8) is 0 Å². The first-order chi connectivity index (χ1) is 16.7. The third kappa shape index (κ3) is 6.57. The number of aromatic carboxylic acids is 1. The lowest BCUT2D eigenvalue weighted by Gasteiger charge is -2.21. The molecule has 188 valence electrons. The van der Waals surface area contributed by atoms with Gasteiger partial charge in [-0.3, -0.25) is 10.1 Å². The molecule has 3 N–H and O–H groups in total. The predicted molar refractivity (Wildman–Crippen MR) is 131 cm³/mol. The lowest BCUT2D eigenvalue weighted by Crippen LogP contribution is -2.48. The minimum absolute atomic E-state index is 0.120. The van der Waals surface area contributed by atoms with E-state index in [2.05, 4.69) is 5.32 Å². The number of hydrogen-bond acceptors (Lipinski definition) is 7. The monoisotopic (exact) mass is 513 g/mol. The maximum atomic E-state index is 13.0. The second-order valence-corrected chi connectivity index (χ2v) is 10.4. The van der Waals surface area contributed by atoms with Crippen molar-refractivity contribution in [1.82, 2.24) is 10.0 Å². The van der Waals surface area contributed by atoms with Crippen LogP contribution in [0.1, 0.15) is 31.1 Å². The summed E-state index contributed by atoms with van der Waals surface area (Å²) in [5.74, 6) is -1.09. The van der Waals surface area contributed by atoms with E-state index < -0.39 is 43.1 Å². The zero-order valence-corrected chi connectivity index (χ0v) is 20.3. The van der Waals surface area contributed by atoms with Gasteiger partial charge in [0.05, 0.1) is 10.5 Å². The highest BCUT2D eigenvalue weighted by Crippen LogP contribution is 2.33. The van der Waals surface area contributed by atoms with Gasteiger partial charge >= 0.3 is 12.0 Å². The fraction of sp³-hybridized carbons (Fsp3) is 0.167. The molecule has 0 unspecified atom stereocenters. The van der Waals surface area contributed by atoms with E-state index in [0.29, 0.717) is 11.1 Å². The number of nitrogens with zero attached hydrogens (tertiary/aromatic N) is 1. The number of carbonyl (C=O) groups excluding carboxylic acids is 1. The molecular weight excluding hydrogens is 490 g/mol. The third-order valence-electron chi connectivity index (χ3n) is 4.67. The molecule has 3 rings (SSSR count). The van der Waals surface area contributed by atoms with Gasteiger partial charge in [-0.25, -0.2) is 22.7 Å². The van der Waals surface area contributed by atoms with Crippen LogP contribution in [0.4, 0.5) is 10.5 Å². The maximum Gasteiger partial charge on any atom is 0.335 e. The van der Waals surface area contributed by atoms with Gasteiger partial charge < -0.3 is 15.2 Å². The van der Waals surface area contributed by atoms with Crippen LogP contribution in [0.25, 0.3) is 11.1 Å². The van der Waals surface area contributed by atoms with Crippen LogP contribution < -0.4 is 14.8 Å². The van der Waals surface area contributed by atoms with Crippen LogP contribution in [0, 0.1) is 10.1 Å². The Morgan fingerprint density at radius 3 is 2.22 bits per heavy atom. The molecule has 0 bridgehead atoms. The van der Waals surface area contributed by atoms with Crippen LogP contribution in [-0.2, 0) is 10.0 Å². The number of non-ortho nitro benzene ring substituents is 1. The summed E-state index contributed by atoms with van der Waals surface area (Å²) in [4.78, 5) is 33.2. The number of amides is 2. The van der Waals surface area contributed by atoms with Gasteiger partial charge in [0.15, 0.2) is 0 Å². The van der Waals surface area contributed by atoms with Gasteiger partial charge in [-0.15, -0.1) is 0 Å². The van der Waals surface area contributed by atoms with Crippen molar-refractivity contribution in [3.8, 4) is 22.6 Å². The number of sulfonamides is 1. The van der Waals surface area contributed by atoms with E-state index in [-0.39, 0.29) is 17.1 Å². The smallest absolute Gasteiger partial charge is 0.335 e. The Bertz CT molecular complexity index is 1430. The van der Waals surface area contributed by atoms with Crippen LogP contribution in [0.15, 0.2) is 71.6 Å². The fourth-order valence-corrected chi connectivity index (χ4v) is 4.17. The lowest BCUT2D eigenvalue weighted by atomic mass is 10.0. The molecular formula is C24H23N3O8S. The molecule has 3 aromatic rings. The molecule has 2 amide bonds. The highest BCUT2D eigenvalue weighted by Gasteiger charge is 2.27. The number of carbonyl (C=O) groups is 2. The second kappa shape index (κ2) is 10.0. The number of carboxylic acids is 1. The molecule has 12 heteroatoms. The van der Waals surface area contributed by atoms with Crippen LogP contribution in [-0.4, -0.2) is 36.0 Å². The van der Waals surface area contributed by atoms with Crippen molar-refractivity contribution < 1.29 is 32.8 Å². The van der Waals surface area contributed by atoms with Crippen molar-refractivity contribution in [2.24, 2.45) is 0 Å². The standard InChI is InChI=1S/C24H23N3O8S/c1-24(2,3)25-23(30)26-36(33,34)21-14-18(27(31)32)11-12-20(21)35-19-6-4-5-17(13-19)15-7-9-16(10-8-15)22(28)29/h4-14H,1-3H3,(H,28,29)(H2,25,26,30). The van der Waals surface area contributed by atoms with Gasteiger partial charge in [-0.05, 0) is 62.2 Å². The van der Waals surface area contributed by atoms with E-state index in [0.717, 1.165) is 18.2 Å². The van der Waals surface area contributed by atoms with Crippen LogP contribution in [0.5, 0.6) is 11.5 Å². The molecule has 0 fully saturated rings. The number of nitro benzene ring substituents is 1. The summed E-state index contributed by atoms with van der Waals surface area (Å²) in [6.07, 6.45) is 0. The van der Waals surface area contributed by atoms with Crippen molar-refractivity contribution in [1.29, 1.82) is 0 Å². The molecule has 0 aliphatic heterocycles. The summed E-state index contributed by atoms with van der Waals surface area (Å²) < 4.78 is 33.5. The first-order valence-corrected chi connectivity index (χ1v) is 12.0. The Kier molecular flexibility index (Phi) is 7.29. The fourth-order valence-electron chi connectivity index (χ4n) is 3.12. The molecule has 36 heavy (non-hydrogen) atoms. The average molecular weight is 514 g/mol. The largest absolute Gasteiger partial charge is 0.478 e. The summed E-state index contributed by atoms with van der Waals surface area (Å²) in [6.45, 7) is 4.97. The van der Waals surface area contributed by atoms with E-state index in [4.69, 9.17) is 9.84 Å². The van der Waals surface area contributed by atoms with Crippen LogP contribution in [0.2, 0.25) is 0 Å². The Labute approximate surface area is 206 Å². The van der Waals surface area contributed by atoms with E-state index in [9.17, 15) is 28.1 Å². The lowest BCUT2D eigenvalue weighted by molar-refractivity contribution is -0.385. The third-order valence-corrected chi connectivity index (χ3v) is 6.02. The van der Waals surface area contributed by atoms with Crippen LogP contribution >= 0.6 is 0 Å². The number of rotatable bonds is 7. The quantitative estimate of drug-likeness (QED) is 0.306. The van der Waals surface area contributed by atoms with Crippen molar-refractivity contribution in [3.05, 3.63) is 82.4 Å². The molecule has 0 atom stereocenters. The summed E-state index contributed by atoms with van der Waals surface area (Å²) in [5.41, 5.74) is 0.215. The van der Waals surface area contributed by atoms with E-state index >= 15 is 0 Å². The van der Waals surface area contributed by atoms with E-state index in [1.165, 1.54) is 12.1 Å². The number of nitro groups is 1. The molecule has 0 saturated carbocycles. The summed E-state index contributed by atoms with van der Waals surface area (Å²) in [7, 11) is -4.56. The molecule has 0 radical (unpaired) electrons. The second-order valence-electron chi connectivity index (χ2n) is 8.71. The van der Waals surface area contributed by atoms with Gasteiger partial charge in [-0.1, -0.05) is 24.3 Å². The summed E-state index contributed by atoms with van der Waals surface area (Å²) in [6, 6.07) is 14.6. The maximum absolute atomic E-state index is 13.0. The molecule has 0 aliphatic rings. The molecule has 11 nitrogen and oxygen atoms in total. The van der Waals surface area contributed by atoms with Gasteiger partial charge in [0.1, 0.15) is 16.4 Å². The number of hydrogen-bond donors (Lipinski definition) is 3. The zero-order valence-electron chi connectivity index (χ0n) is 19.5. The molecule has 0 spiro atoms. The number of nitrogens with one attached hydrogen (secondary N) is 2. The SMILES string of the molecule is CC(C)(C)NC(=O)NS(=O)(=O)c1cc([N+](=O)[O-])ccc1Oc1cccc(-c2ccc(C(=O)O)cc2)c1. The van der Waals surface area contributed by atoms with E-state index in [1.54, 1.807) is 57.2 Å². The number of carboxylic acid groups (broad SMARTS) is 1. The van der Waals surface area contributed by atoms with Gasteiger partial charge in [-0.2, -0.15) is 0 Å². The summed E-state index contributed by atoms with van der Waals surface area (Å²) in [5, 5.41) is 22.8. The minimum atomic E-state index is -4.56. The topological polar surface area (TPSA) is 165 Å². The Morgan fingerprint density at radius 2 is 1.64 bits per heavy atom. The van der Waals surface area contributed by atoms with Gasteiger partial charge in [0.25, 0.3) is 15.7 Å². The van der Waals surface area contributed by atoms with Gasteiger partial charge in [0.2, 0.25) is 0 Å². The van der Waals surface area contributed by atoms with Crippen molar-refractivity contribution in [2.45, 2.75) is 31.2 Å². The Hall–Kier alpha value is -4.45. The minimum Gasteiger partial charge on any atom is -0.478 e. The number of ether oxygens (including phenoxy) is 1. The Morgan fingerprint density at radius 1 is 0.972 bits per heavy atom. The number of urea groups is 1. The molecule has 0 saturated heterocycles. The van der Waals surface area contributed by atoms with Crippen molar-refractivity contribution >= 4 is 27.7 Å². The molecule has 0 aliphatic carbocycles. The van der Waals surface area contributed by atoms with Crippen molar-refractivity contribution in [2.75, 3.05) is 0 Å². The van der Waals surface area contributed by atoms with Crippen LogP contribution in [0.3, 0.4) is 0 Å². The normalized spacial score (nSPS) is 11.4. The van der Waals surface area contributed by atoms with Gasteiger partial charge in [0, 0.05) is 17.7 Å². The molecule has 0 heterocycles. The van der Waals surface area contributed by atoms with E-state index in [1.807, 2.05) is 4.72 Å². The average Bonchev–Trinajstić information content (AvgIpc) is 2.77. The first-order valence-electron chi connectivity index (χ1n) is 10.5. The highest BCUT2D eigenvalue weighted by atomic mass is 32.2. The molecule has 3 aromatic carbocycles. The summed E-state index contributed by atoms with van der Waals surface area (Å²) >= 11 is 0. The Balaban J connectivity index is 1.97. The highest BCUT2D eigenvalue weighted by molar-refractivity contribution is 7.90. The first kappa shape index (κ1) is 26.2. The zero-order chi connectivity index (χ0) is 26.7.